The number of amides is 1. The predicted octanol–water partition coefficient (Wildman–Crippen LogP) is 2.13. The van der Waals surface area contributed by atoms with Gasteiger partial charge in [0.2, 0.25) is 0 Å². The Hall–Kier alpha value is -1.59. The third kappa shape index (κ3) is 4.28. The van der Waals surface area contributed by atoms with Gasteiger partial charge in [0.1, 0.15) is 0 Å². The maximum Gasteiger partial charge on any atom is 0.253 e. The summed E-state index contributed by atoms with van der Waals surface area (Å²) in [5.74, 6) is 0.0294. The van der Waals surface area contributed by atoms with Crippen molar-refractivity contribution in [2.75, 3.05) is 50.8 Å². The summed E-state index contributed by atoms with van der Waals surface area (Å²) >= 11 is 0. The summed E-state index contributed by atoms with van der Waals surface area (Å²) in [6.45, 7) is 8.22. The van der Waals surface area contributed by atoms with Crippen LogP contribution >= 0.6 is 0 Å². The number of anilines is 1. The third-order valence-electron chi connectivity index (χ3n) is 5.13. The molecule has 5 heteroatoms. The van der Waals surface area contributed by atoms with Crippen molar-refractivity contribution in [3.63, 3.8) is 0 Å². The molecule has 2 fully saturated rings. The Morgan fingerprint density at radius 2 is 2.00 bits per heavy atom. The molecule has 1 atom stereocenters. The van der Waals surface area contributed by atoms with Gasteiger partial charge in [-0.05, 0) is 38.4 Å². The summed E-state index contributed by atoms with van der Waals surface area (Å²) in [6, 6.07) is 8.52. The highest BCUT2D eigenvalue weighted by Crippen LogP contribution is 2.21. The van der Waals surface area contributed by atoms with Crippen molar-refractivity contribution in [1.82, 2.24) is 10.2 Å². The number of rotatable bonds is 5. The maximum atomic E-state index is 12.6. The van der Waals surface area contributed by atoms with Crippen LogP contribution < -0.4 is 10.2 Å². The molecule has 3 rings (SSSR count). The lowest BCUT2D eigenvalue weighted by atomic mass is 10.0. The lowest BCUT2D eigenvalue weighted by Gasteiger charge is -2.33. The smallest absolute Gasteiger partial charge is 0.253 e. The monoisotopic (exact) mass is 331 g/mol. The minimum absolute atomic E-state index is 0.0294. The second-order valence-electron chi connectivity index (χ2n) is 6.75. The van der Waals surface area contributed by atoms with E-state index in [2.05, 4.69) is 22.0 Å². The average molecular weight is 331 g/mol. The molecular formula is C19H29N3O2. The number of nitrogens with one attached hydrogen (secondary N) is 1. The molecule has 2 saturated heterocycles. The number of carbonyl (C=O) groups is 1. The van der Waals surface area contributed by atoms with Gasteiger partial charge in [0.25, 0.3) is 5.91 Å². The van der Waals surface area contributed by atoms with E-state index in [4.69, 9.17) is 4.74 Å². The summed E-state index contributed by atoms with van der Waals surface area (Å²) < 4.78 is 5.42. The molecule has 132 valence electrons. The first-order chi connectivity index (χ1) is 11.8. The molecular weight excluding hydrogens is 302 g/mol. The molecule has 0 aliphatic carbocycles. The van der Waals surface area contributed by atoms with E-state index in [-0.39, 0.29) is 5.91 Å². The molecule has 1 aromatic rings. The highest BCUT2D eigenvalue weighted by molar-refractivity contribution is 5.99. The van der Waals surface area contributed by atoms with Gasteiger partial charge < -0.3 is 15.0 Å². The van der Waals surface area contributed by atoms with E-state index >= 15 is 0 Å². The van der Waals surface area contributed by atoms with E-state index in [1.165, 1.54) is 19.3 Å². The number of nitrogens with zero attached hydrogens (tertiary/aromatic N) is 2. The second kappa shape index (κ2) is 8.49. The highest BCUT2D eigenvalue weighted by atomic mass is 16.5. The lowest BCUT2D eigenvalue weighted by molar-refractivity contribution is 0.0937. The largest absolute Gasteiger partial charge is 0.378 e. The van der Waals surface area contributed by atoms with Gasteiger partial charge in [0, 0.05) is 37.9 Å². The van der Waals surface area contributed by atoms with Gasteiger partial charge in [0.15, 0.2) is 0 Å². The minimum atomic E-state index is 0.0294. The van der Waals surface area contributed by atoms with E-state index in [0.717, 1.165) is 50.6 Å². The first-order valence-corrected chi connectivity index (χ1v) is 9.19. The van der Waals surface area contributed by atoms with E-state index in [1.54, 1.807) is 0 Å². The zero-order valence-electron chi connectivity index (χ0n) is 14.7. The number of benzene rings is 1. The molecule has 24 heavy (non-hydrogen) atoms. The van der Waals surface area contributed by atoms with Crippen molar-refractivity contribution in [1.29, 1.82) is 0 Å². The fraction of sp³-hybridized carbons (Fsp3) is 0.632. The second-order valence-corrected chi connectivity index (χ2v) is 6.75. The number of morpholine rings is 1. The van der Waals surface area contributed by atoms with E-state index in [1.807, 2.05) is 24.3 Å². The Bertz CT molecular complexity index is 543. The normalized spacial score (nSPS) is 22.4. The summed E-state index contributed by atoms with van der Waals surface area (Å²) in [5, 5.41) is 3.11. The Balaban J connectivity index is 1.56. The predicted molar refractivity (Wildman–Crippen MR) is 96.7 cm³/mol. The van der Waals surface area contributed by atoms with Gasteiger partial charge in [-0.25, -0.2) is 0 Å². The van der Waals surface area contributed by atoms with Crippen LogP contribution in [0.25, 0.3) is 0 Å². The highest BCUT2D eigenvalue weighted by Gasteiger charge is 2.20. The molecule has 0 spiro atoms. The summed E-state index contributed by atoms with van der Waals surface area (Å²) in [5.41, 5.74) is 1.79. The van der Waals surface area contributed by atoms with Crippen LogP contribution in [0, 0.1) is 0 Å². The Morgan fingerprint density at radius 3 is 2.79 bits per heavy atom. The zero-order chi connectivity index (χ0) is 16.8. The minimum Gasteiger partial charge on any atom is -0.378 e. The van der Waals surface area contributed by atoms with Crippen LogP contribution in [-0.4, -0.2) is 62.8 Å². The van der Waals surface area contributed by atoms with E-state index in [9.17, 15) is 4.79 Å². The topological polar surface area (TPSA) is 44.8 Å². The van der Waals surface area contributed by atoms with Crippen molar-refractivity contribution >= 4 is 11.6 Å². The van der Waals surface area contributed by atoms with Crippen LogP contribution in [0.1, 0.15) is 36.5 Å². The molecule has 2 aliphatic rings. The first-order valence-electron chi connectivity index (χ1n) is 9.19. The Labute approximate surface area is 145 Å². The molecule has 5 nitrogen and oxygen atoms in total. The van der Waals surface area contributed by atoms with E-state index < -0.39 is 0 Å². The van der Waals surface area contributed by atoms with Gasteiger partial charge in [-0.1, -0.05) is 18.6 Å². The van der Waals surface area contributed by atoms with Crippen molar-refractivity contribution in [2.24, 2.45) is 0 Å². The zero-order valence-corrected chi connectivity index (χ0v) is 14.7. The quantitative estimate of drug-likeness (QED) is 0.898. The number of likely N-dealkylation sites (tertiary alicyclic amines) is 1. The van der Waals surface area contributed by atoms with Gasteiger partial charge in [-0.15, -0.1) is 0 Å². The maximum absolute atomic E-state index is 12.6. The van der Waals surface area contributed by atoms with Crippen molar-refractivity contribution in [3.8, 4) is 0 Å². The fourth-order valence-corrected chi connectivity index (χ4v) is 3.64. The Kier molecular flexibility index (Phi) is 6.10. The van der Waals surface area contributed by atoms with Gasteiger partial charge in [-0.2, -0.15) is 0 Å². The first kappa shape index (κ1) is 17.2. The average Bonchev–Trinajstić information content (AvgIpc) is 2.64. The van der Waals surface area contributed by atoms with Crippen molar-refractivity contribution < 1.29 is 9.53 Å². The number of ether oxygens (including phenoxy) is 1. The molecule has 1 N–H and O–H groups in total. The van der Waals surface area contributed by atoms with Gasteiger partial charge >= 0.3 is 0 Å². The summed E-state index contributed by atoms with van der Waals surface area (Å²) in [6.07, 6.45) is 3.88. The number of piperidine rings is 1. The SMILES string of the molecule is C[C@@H]1CCCCN1CCNC(=O)c1ccccc1N1CCOCC1. The third-order valence-corrected chi connectivity index (χ3v) is 5.13. The van der Waals surface area contributed by atoms with Crippen LogP contribution in [0.4, 0.5) is 5.69 Å². The van der Waals surface area contributed by atoms with Crippen LogP contribution in [0.2, 0.25) is 0 Å². The number of hydrogen-bond donors (Lipinski definition) is 1. The van der Waals surface area contributed by atoms with Crippen LogP contribution in [-0.2, 0) is 4.74 Å². The van der Waals surface area contributed by atoms with Crippen LogP contribution in [0.15, 0.2) is 24.3 Å². The lowest BCUT2D eigenvalue weighted by Crippen LogP contribution is -2.43. The number of hydrogen-bond acceptors (Lipinski definition) is 4. The molecule has 2 heterocycles. The number of para-hydroxylation sites is 1. The molecule has 1 aromatic carbocycles. The molecule has 0 radical (unpaired) electrons. The molecule has 0 aromatic heterocycles. The molecule has 2 aliphatic heterocycles. The van der Waals surface area contributed by atoms with Gasteiger partial charge in [-0.3, -0.25) is 9.69 Å². The standard InChI is InChI=1S/C19H29N3O2/c1-16-6-4-5-10-21(16)11-9-20-19(23)17-7-2-3-8-18(17)22-12-14-24-15-13-22/h2-3,7-8,16H,4-6,9-15H2,1H3,(H,20,23)/t16-/m1/s1. The molecule has 0 bridgehead atoms. The fourth-order valence-electron chi connectivity index (χ4n) is 3.64. The van der Waals surface area contributed by atoms with Crippen LogP contribution in [0.3, 0.4) is 0 Å². The molecule has 0 unspecified atom stereocenters. The molecule has 0 saturated carbocycles. The van der Waals surface area contributed by atoms with Crippen LogP contribution in [0.5, 0.6) is 0 Å². The van der Waals surface area contributed by atoms with E-state index in [0.29, 0.717) is 12.6 Å². The van der Waals surface area contributed by atoms with Crippen molar-refractivity contribution in [3.05, 3.63) is 29.8 Å². The number of carbonyl (C=O) groups excluding carboxylic acids is 1. The van der Waals surface area contributed by atoms with Crippen molar-refractivity contribution in [2.45, 2.75) is 32.2 Å². The summed E-state index contributed by atoms with van der Waals surface area (Å²) in [7, 11) is 0. The summed E-state index contributed by atoms with van der Waals surface area (Å²) in [4.78, 5) is 17.4. The molecule has 1 amide bonds. The van der Waals surface area contributed by atoms with Gasteiger partial charge in [0.05, 0.1) is 18.8 Å². The Morgan fingerprint density at radius 1 is 1.21 bits per heavy atom.